The molecule has 0 bridgehead atoms. The van der Waals surface area contributed by atoms with E-state index in [9.17, 15) is 4.79 Å². The van der Waals surface area contributed by atoms with Crippen LogP contribution in [0.1, 0.15) is 36.0 Å². The van der Waals surface area contributed by atoms with Crippen LogP contribution in [0.25, 0.3) is 10.8 Å². The lowest BCUT2D eigenvalue weighted by atomic mass is 9.97. The van der Waals surface area contributed by atoms with Crippen molar-refractivity contribution >= 4 is 32.7 Å². The molecule has 0 amide bonds. The van der Waals surface area contributed by atoms with Crippen LogP contribution in [0, 0.1) is 0 Å². The fourth-order valence-corrected chi connectivity index (χ4v) is 3.48. The van der Waals surface area contributed by atoms with Crippen LogP contribution in [-0.2, 0) is 4.74 Å². The van der Waals surface area contributed by atoms with Gasteiger partial charge in [-0.15, -0.1) is 0 Å². The second kappa shape index (κ2) is 5.96. The standard InChI is InChI=1S/C17H17BrO2/c18-15-10-3-4-11-16(15)20-17(19)14-9-5-7-12-6-1-2-8-13(12)14/h1-2,5-9,15-16H,3-4,10-11H2/t15-,16-/m1/s1. The number of benzene rings is 2. The Labute approximate surface area is 127 Å². The van der Waals surface area contributed by atoms with Gasteiger partial charge < -0.3 is 4.74 Å². The smallest absolute Gasteiger partial charge is 0.339 e. The Morgan fingerprint density at radius 1 is 1.05 bits per heavy atom. The normalized spacial score (nSPS) is 22.6. The third-order valence-corrected chi connectivity index (χ3v) is 4.94. The van der Waals surface area contributed by atoms with Gasteiger partial charge >= 0.3 is 5.97 Å². The van der Waals surface area contributed by atoms with Crippen LogP contribution in [0.4, 0.5) is 0 Å². The molecule has 2 nitrogen and oxygen atoms in total. The minimum atomic E-state index is -0.210. The van der Waals surface area contributed by atoms with E-state index in [1.165, 1.54) is 6.42 Å². The Morgan fingerprint density at radius 3 is 2.65 bits per heavy atom. The fraction of sp³-hybridized carbons (Fsp3) is 0.353. The predicted molar refractivity (Wildman–Crippen MR) is 84.3 cm³/mol. The third kappa shape index (κ3) is 2.73. The van der Waals surface area contributed by atoms with Crippen LogP contribution in [0.2, 0.25) is 0 Å². The van der Waals surface area contributed by atoms with Gasteiger partial charge in [-0.1, -0.05) is 58.7 Å². The highest BCUT2D eigenvalue weighted by Gasteiger charge is 2.27. The number of hydrogen-bond acceptors (Lipinski definition) is 2. The van der Waals surface area contributed by atoms with Gasteiger partial charge in [-0.25, -0.2) is 4.79 Å². The maximum atomic E-state index is 12.4. The van der Waals surface area contributed by atoms with Crippen molar-refractivity contribution < 1.29 is 9.53 Å². The van der Waals surface area contributed by atoms with Crippen molar-refractivity contribution in [2.24, 2.45) is 0 Å². The first-order valence-electron chi connectivity index (χ1n) is 7.08. The molecular weight excluding hydrogens is 316 g/mol. The van der Waals surface area contributed by atoms with Gasteiger partial charge in [-0.05, 0) is 36.1 Å². The molecule has 104 valence electrons. The van der Waals surface area contributed by atoms with Gasteiger partial charge in [0, 0.05) is 0 Å². The Kier molecular flexibility index (Phi) is 4.06. The maximum Gasteiger partial charge on any atom is 0.339 e. The van der Waals surface area contributed by atoms with Crippen molar-refractivity contribution in [2.45, 2.75) is 36.6 Å². The summed E-state index contributed by atoms with van der Waals surface area (Å²) in [5.74, 6) is -0.210. The summed E-state index contributed by atoms with van der Waals surface area (Å²) in [6, 6.07) is 13.7. The number of carbonyl (C=O) groups is 1. The quantitative estimate of drug-likeness (QED) is 0.588. The molecule has 1 aliphatic rings. The first-order valence-corrected chi connectivity index (χ1v) is 8.00. The molecule has 0 saturated heterocycles. The average molecular weight is 333 g/mol. The number of halogens is 1. The third-order valence-electron chi connectivity index (χ3n) is 3.89. The SMILES string of the molecule is O=C(O[C@@H]1CCCC[C@H]1Br)c1cccc2ccccc12. The molecule has 20 heavy (non-hydrogen) atoms. The summed E-state index contributed by atoms with van der Waals surface area (Å²) in [6.07, 6.45) is 4.36. The minimum Gasteiger partial charge on any atom is -0.458 e. The number of ether oxygens (including phenoxy) is 1. The second-order valence-corrected chi connectivity index (χ2v) is 6.45. The zero-order valence-corrected chi connectivity index (χ0v) is 12.8. The zero-order chi connectivity index (χ0) is 13.9. The molecule has 1 saturated carbocycles. The lowest BCUT2D eigenvalue weighted by molar-refractivity contribution is 0.0237. The molecule has 3 rings (SSSR count). The number of carbonyl (C=O) groups excluding carboxylic acids is 1. The van der Waals surface area contributed by atoms with E-state index in [1.807, 2.05) is 42.5 Å². The molecule has 2 atom stereocenters. The largest absolute Gasteiger partial charge is 0.458 e. The molecule has 1 fully saturated rings. The van der Waals surface area contributed by atoms with E-state index in [-0.39, 0.29) is 16.9 Å². The van der Waals surface area contributed by atoms with E-state index in [0.29, 0.717) is 5.56 Å². The Balaban J connectivity index is 1.85. The maximum absolute atomic E-state index is 12.4. The molecule has 0 spiro atoms. The summed E-state index contributed by atoms with van der Waals surface area (Å²) < 4.78 is 5.71. The number of hydrogen-bond donors (Lipinski definition) is 0. The predicted octanol–water partition coefficient (Wildman–Crippen LogP) is 4.70. The van der Waals surface area contributed by atoms with Crippen molar-refractivity contribution in [3.8, 4) is 0 Å². The van der Waals surface area contributed by atoms with Crippen LogP contribution in [0.5, 0.6) is 0 Å². The van der Waals surface area contributed by atoms with Gasteiger partial charge in [0.1, 0.15) is 6.10 Å². The van der Waals surface area contributed by atoms with Gasteiger partial charge in [-0.3, -0.25) is 0 Å². The van der Waals surface area contributed by atoms with E-state index < -0.39 is 0 Å². The molecule has 0 radical (unpaired) electrons. The van der Waals surface area contributed by atoms with E-state index >= 15 is 0 Å². The van der Waals surface area contributed by atoms with Crippen molar-refractivity contribution in [2.75, 3.05) is 0 Å². The molecule has 1 aliphatic carbocycles. The van der Waals surface area contributed by atoms with Crippen LogP contribution in [-0.4, -0.2) is 16.9 Å². The van der Waals surface area contributed by atoms with Gasteiger partial charge in [0.25, 0.3) is 0 Å². The molecular formula is C17H17BrO2. The highest BCUT2D eigenvalue weighted by Crippen LogP contribution is 2.28. The van der Waals surface area contributed by atoms with E-state index in [1.54, 1.807) is 0 Å². The Bertz CT molecular complexity index is 618. The summed E-state index contributed by atoms with van der Waals surface area (Å²) in [6.45, 7) is 0. The summed E-state index contributed by atoms with van der Waals surface area (Å²) >= 11 is 3.63. The first kappa shape index (κ1) is 13.6. The van der Waals surface area contributed by atoms with Crippen LogP contribution < -0.4 is 0 Å². The second-order valence-electron chi connectivity index (χ2n) is 5.27. The fourth-order valence-electron chi connectivity index (χ4n) is 2.79. The molecule has 2 aromatic carbocycles. The molecule has 0 aromatic heterocycles. The van der Waals surface area contributed by atoms with Crippen molar-refractivity contribution in [3.63, 3.8) is 0 Å². The average Bonchev–Trinajstić information content (AvgIpc) is 2.49. The van der Waals surface area contributed by atoms with Gasteiger partial charge in [0.15, 0.2) is 0 Å². The van der Waals surface area contributed by atoms with Crippen molar-refractivity contribution in [3.05, 3.63) is 48.0 Å². The van der Waals surface area contributed by atoms with Crippen LogP contribution >= 0.6 is 15.9 Å². The van der Waals surface area contributed by atoms with Gasteiger partial charge in [0.2, 0.25) is 0 Å². The number of fused-ring (bicyclic) bond motifs is 1. The highest BCUT2D eigenvalue weighted by atomic mass is 79.9. The van der Waals surface area contributed by atoms with E-state index in [0.717, 1.165) is 30.0 Å². The van der Waals surface area contributed by atoms with Crippen LogP contribution in [0.3, 0.4) is 0 Å². The monoisotopic (exact) mass is 332 g/mol. The summed E-state index contributed by atoms with van der Waals surface area (Å²) in [5, 5.41) is 2.03. The number of rotatable bonds is 2. The first-order chi connectivity index (χ1) is 9.75. The molecule has 0 heterocycles. The van der Waals surface area contributed by atoms with E-state index in [4.69, 9.17) is 4.74 Å². The Hall–Kier alpha value is -1.35. The van der Waals surface area contributed by atoms with Gasteiger partial charge in [-0.2, -0.15) is 0 Å². The Morgan fingerprint density at radius 2 is 1.80 bits per heavy atom. The molecule has 0 unspecified atom stereocenters. The molecule has 0 aliphatic heterocycles. The van der Waals surface area contributed by atoms with Gasteiger partial charge in [0.05, 0.1) is 10.4 Å². The summed E-state index contributed by atoms with van der Waals surface area (Å²) in [7, 11) is 0. The lowest BCUT2D eigenvalue weighted by Crippen LogP contribution is -2.30. The topological polar surface area (TPSA) is 26.3 Å². The molecule has 3 heteroatoms. The highest BCUT2D eigenvalue weighted by molar-refractivity contribution is 9.09. The number of esters is 1. The molecule has 2 aromatic rings. The van der Waals surface area contributed by atoms with Crippen molar-refractivity contribution in [1.82, 2.24) is 0 Å². The summed E-state index contributed by atoms with van der Waals surface area (Å²) in [4.78, 5) is 12.7. The number of alkyl halides is 1. The van der Waals surface area contributed by atoms with Crippen molar-refractivity contribution in [1.29, 1.82) is 0 Å². The minimum absolute atomic E-state index is 0.00443. The zero-order valence-electron chi connectivity index (χ0n) is 11.2. The molecule has 0 N–H and O–H groups in total. The lowest BCUT2D eigenvalue weighted by Gasteiger charge is -2.27. The van der Waals surface area contributed by atoms with Crippen LogP contribution in [0.15, 0.2) is 42.5 Å². The van der Waals surface area contributed by atoms with E-state index in [2.05, 4.69) is 15.9 Å². The summed E-state index contributed by atoms with van der Waals surface area (Å²) in [5.41, 5.74) is 0.661.